The standard InChI is InChI=1S/C15H27S/c1-2-6-15-11-13(7-8-14(15)5-1)12-16-9-3-4-10-16/h13-15H,1-12H2/q+1. The zero-order chi connectivity index (χ0) is 10.8. The van der Waals surface area contributed by atoms with Crippen molar-refractivity contribution in [2.75, 3.05) is 17.3 Å². The fraction of sp³-hybridized carbons (Fsp3) is 1.00. The molecule has 92 valence electrons. The minimum atomic E-state index is 0.863. The molecule has 0 nitrogen and oxygen atoms in total. The topological polar surface area (TPSA) is 0 Å². The summed E-state index contributed by atoms with van der Waals surface area (Å²) in [6.07, 6.45) is 14.1. The molecule has 0 bridgehead atoms. The van der Waals surface area contributed by atoms with Crippen molar-refractivity contribution in [3.8, 4) is 0 Å². The van der Waals surface area contributed by atoms with Crippen molar-refractivity contribution in [3.05, 3.63) is 0 Å². The van der Waals surface area contributed by atoms with E-state index in [0.717, 1.165) is 28.6 Å². The summed E-state index contributed by atoms with van der Waals surface area (Å²) in [5.74, 6) is 8.25. The van der Waals surface area contributed by atoms with Gasteiger partial charge < -0.3 is 0 Å². The second kappa shape index (κ2) is 5.33. The molecule has 1 aliphatic heterocycles. The summed E-state index contributed by atoms with van der Waals surface area (Å²) in [7, 11) is 0.863. The maximum absolute atomic E-state index is 1.63. The van der Waals surface area contributed by atoms with Crippen LogP contribution in [0.2, 0.25) is 0 Å². The van der Waals surface area contributed by atoms with Gasteiger partial charge in [0.05, 0.1) is 0 Å². The molecular weight excluding hydrogens is 212 g/mol. The van der Waals surface area contributed by atoms with Gasteiger partial charge in [0.25, 0.3) is 0 Å². The first-order valence-electron chi connectivity index (χ1n) is 7.56. The molecule has 0 amide bonds. The van der Waals surface area contributed by atoms with E-state index in [9.17, 15) is 0 Å². The Bertz CT molecular complexity index is 219. The van der Waals surface area contributed by atoms with Gasteiger partial charge in [-0.25, -0.2) is 0 Å². The van der Waals surface area contributed by atoms with Gasteiger partial charge in [-0.15, -0.1) is 0 Å². The lowest BCUT2D eigenvalue weighted by Gasteiger charge is -2.38. The van der Waals surface area contributed by atoms with Crippen LogP contribution in [0.5, 0.6) is 0 Å². The van der Waals surface area contributed by atoms with Gasteiger partial charge in [0, 0.05) is 5.92 Å². The molecule has 0 N–H and O–H groups in total. The molecule has 3 aliphatic rings. The van der Waals surface area contributed by atoms with E-state index in [1.54, 1.807) is 68.6 Å². The molecule has 3 fully saturated rings. The van der Waals surface area contributed by atoms with E-state index in [-0.39, 0.29) is 0 Å². The summed E-state index contributed by atoms with van der Waals surface area (Å²) < 4.78 is 0. The largest absolute Gasteiger partial charge is 0.111 e. The highest BCUT2D eigenvalue weighted by atomic mass is 32.2. The smallest absolute Gasteiger partial charge is 0.0530 e. The van der Waals surface area contributed by atoms with Gasteiger partial charge in [0.1, 0.15) is 17.3 Å². The van der Waals surface area contributed by atoms with Crippen LogP contribution in [0.4, 0.5) is 0 Å². The molecule has 0 aromatic carbocycles. The van der Waals surface area contributed by atoms with Crippen LogP contribution in [-0.4, -0.2) is 17.3 Å². The maximum atomic E-state index is 1.63. The fourth-order valence-electron chi connectivity index (χ4n) is 4.34. The number of hydrogen-bond acceptors (Lipinski definition) is 0. The molecule has 2 saturated carbocycles. The van der Waals surface area contributed by atoms with Gasteiger partial charge in [-0.3, -0.25) is 0 Å². The Balaban J connectivity index is 1.50. The third kappa shape index (κ3) is 2.60. The van der Waals surface area contributed by atoms with E-state index >= 15 is 0 Å². The van der Waals surface area contributed by atoms with Gasteiger partial charge in [-0.1, -0.05) is 25.7 Å². The lowest BCUT2D eigenvalue weighted by molar-refractivity contribution is 0.138. The lowest BCUT2D eigenvalue weighted by atomic mass is 9.68. The second-order valence-electron chi connectivity index (χ2n) is 6.38. The summed E-state index contributed by atoms with van der Waals surface area (Å²) in [4.78, 5) is 0. The van der Waals surface area contributed by atoms with Crippen LogP contribution in [0.25, 0.3) is 0 Å². The number of hydrogen-bond donors (Lipinski definition) is 0. The SMILES string of the molecule is C1CCC2CC(C[S+]3CCCC3)CCC2C1. The van der Waals surface area contributed by atoms with Crippen molar-refractivity contribution in [1.29, 1.82) is 0 Å². The molecule has 0 aromatic rings. The van der Waals surface area contributed by atoms with Crippen molar-refractivity contribution >= 4 is 10.9 Å². The molecule has 3 rings (SSSR count). The van der Waals surface area contributed by atoms with Gasteiger partial charge >= 0.3 is 0 Å². The maximum Gasteiger partial charge on any atom is 0.111 e. The molecule has 16 heavy (non-hydrogen) atoms. The molecular formula is C15H27S+. The summed E-state index contributed by atoms with van der Waals surface area (Å²) in [6, 6.07) is 0. The molecule has 2 aliphatic carbocycles. The van der Waals surface area contributed by atoms with Gasteiger partial charge in [-0.2, -0.15) is 0 Å². The second-order valence-corrected chi connectivity index (χ2v) is 8.75. The molecule has 3 atom stereocenters. The van der Waals surface area contributed by atoms with Crippen molar-refractivity contribution in [2.24, 2.45) is 17.8 Å². The van der Waals surface area contributed by atoms with Crippen LogP contribution in [0, 0.1) is 17.8 Å². The Morgan fingerprint density at radius 3 is 2.31 bits per heavy atom. The first-order valence-corrected chi connectivity index (χ1v) is 9.29. The number of fused-ring (bicyclic) bond motifs is 1. The van der Waals surface area contributed by atoms with Gasteiger partial charge in [0.15, 0.2) is 0 Å². The zero-order valence-corrected chi connectivity index (χ0v) is 11.4. The molecule has 1 heteroatoms. The van der Waals surface area contributed by atoms with Crippen molar-refractivity contribution in [2.45, 2.75) is 57.8 Å². The van der Waals surface area contributed by atoms with Crippen LogP contribution in [-0.2, 0) is 10.9 Å². The van der Waals surface area contributed by atoms with Gasteiger partial charge in [-0.05, 0) is 54.8 Å². The lowest BCUT2D eigenvalue weighted by Crippen LogP contribution is -2.31. The van der Waals surface area contributed by atoms with Crippen LogP contribution < -0.4 is 0 Å². The van der Waals surface area contributed by atoms with Crippen LogP contribution in [0.1, 0.15) is 57.8 Å². The highest BCUT2D eigenvalue weighted by molar-refractivity contribution is 7.97. The quantitative estimate of drug-likeness (QED) is 0.639. The Hall–Kier alpha value is 0.350. The molecule has 0 radical (unpaired) electrons. The molecule has 1 saturated heterocycles. The monoisotopic (exact) mass is 239 g/mol. The molecule has 3 unspecified atom stereocenters. The third-order valence-electron chi connectivity index (χ3n) is 5.24. The predicted octanol–water partition coefficient (Wildman–Crippen LogP) is 4.01. The van der Waals surface area contributed by atoms with Crippen molar-refractivity contribution in [3.63, 3.8) is 0 Å². The summed E-state index contributed by atoms with van der Waals surface area (Å²) in [5, 5.41) is 0. The molecule has 1 heterocycles. The highest BCUT2D eigenvalue weighted by Crippen LogP contribution is 2.43. The van der Waals surface area contributed by atoms with E-state index < -0.39 is 0 Å². The minimum Gasteiger partial charge on any atom is -0.0530 e. The predicted molar refractivity (Wildman–Crippen MR) is 74.0 cm³/mol. The van der Waals surface area contributed by atoms with Crippen molar-refractivity contribution in [1.82, 2.24) is 0 Å². The normalized spacial score (nSPS) is 40.9. The Labute approximate surface area is 104 Å². The fourth-order valence-corrected chi connectivity index (χ4v) is 7.07. The summed E-state index contributed by atoms with van der Waals surface area (Å²) in [5.41, 5.74) is 0. The van der Waals surface area contributed by atoms with E-state index in [4.69, 9.17) is 0 Å². The Morgan fingerprint density at radius 2 is 1.50 bits per heavy atom. The molecule has 0 spiro atoms. The van der Waals surface area contributed by atoms with E-state index in [1.807, 2.05) is 0 Å². The zero-order valence-electron chi connectivity index (χ0n) is 10.6. The average Bonchev–Trinajstić information content (AvgIpc) is 2.82. The van der Waals surface area contributed by atoms with Crippen molar-refractivity contribution < 1.29 is 0 Å². The van der Waals surface area contributed by atoms with Crippen LogP contribution >= 0.6 is 0 Å². The summed E-state index contributed by atoms with van der Waals surface area (Å²) >= 11 is 0. The molecule has 0 aromatic heterocycles. The van der Waals surface area contributed by atoms with Crippen LogP contribution in [0.3, 0.4) is 0 Å². The highest BCUT2D eigenvalue weighted by Gasteiger charge is 2.36. The van der Waals surface area contributed by atoms with Crippen LogP contribution in [0.15, 0.2) is 0 Å². The van der Waals surface area contributed by atoms with E-state index in [2.05, 4.69) is 0 Å². The Morgan fingerprint density at radius 1 is 0.750 bits per heavy atom. The first-order chi connectivity index (χ1) is 7.92. The van der Waals surface area contributed by atoms with E-state index in [0.29, 0.717) is 0 Å². The average molecular weight is 239 g/mol. The Kier molecular flexibility index (Phi) is 3.81. The third-order valence-corrected chi connectivity index (χ3v) is 7.91. The summed E-state index contributed by atoms with van der Waals surface area (Å²) in [6.45, 7) is 0. The van der Waals surface area contributed by atoms with Gasteiger partial charge in [0.2, 0.25) is 0 Å². The number of rotatable bonds is 2. The first kappa shape index (κ1) is 11.4. The minimum absolute atomic E-state index is 0.863. The van der Waals surface area contributed by atoms with E-state index in [1.165, 1.54) is 6.42 Å².